The largest absolute Gasteiger partial charge is 0.0622 e. The summed E-state index contributed by atoms with van der Waals surface area (Å²) in [5.41, 5.74) is 3.77. The molecule has 0 spiro atoms. The number of benzene rings is 2. The summed E-state index contributed by atoms with van der Waals surface area (Å²) in [6, 6.07) is 18.9. The van der Waals surface area contributed by atoms with E-state index in [2.05, 4.69) is 67.6 Å². The fourth-order valence-corrected chi connectivity index (χ4v) is 1.43. The maximum atomic E-state index is 2.13. The lowest BCUT2D eigenvalue weighted by molar-refractivity contribution is 1.46. The summed E-state index contributed by atoms with van der Waals surface area (Å²) in [7, 11) is 0. The van der Waals surface area contributed by atoms with Crippen molar-refractivity contribution >= 4 is 12.2 Å². The fourth-order valence-electron chi connectivity index (χ4n) is 1.43. The van der Waals surface area contributed by atoms with Crippen LogP contribution in [0.15, 0.2) is 54.6 Å². The Morgan fingerprint density at radius 2 is 1.20 bits per heavy atom. The lowest BCUT2D eigenvalue weighted by atomic mass is 9.88. The third-order valence-corrected chi connectivity index (χ3v) is 2.35. The standard InChI is InChI=1S/C15H14/c1-13-7-9-15(10-8-13)12-11-14-5-3-2-4-6-14/h2-12H,1H3/b12-11+/i12-1. The van der Waals surface area contributed by atoms with E-state index < -0.39 is 0 Å². The van der Waals surface area contributed by atoms with Crippen molar-refractivity contribution in [2.24, 2.45) is 0 Å². The van der Waals surface area contributed by atoms with E-state index >= 15 is 0 Å². The summed E-state index contributed by atoms with van der Waals surface area (Å²) >= 11 is 0. The molecule has 0 N–H and O–H groups in total. The van der Waals surface area contributed by atoms with Gasteiger partial charge in [0.25, 0.3) is 0 Å². The van der Waals surface area contributed by atoms with Gasteiger partial charge in [-0.25, -0.2) is 0 Å². The predicted octanol–water partition coefficient (Wildman–Crippen LogP) is 4.17. The van der Waals surface area contributed by atoms with Crippen LogP contribution in [-0.2, 0) is 0 Å². The highest BCUT2D eigenvalue weighted by molar-refractivity contribution is 5.69. The maximum absolute atomic E-state index is 2.13. The average Bonchev–Trinajstić information content (AvgIpc) is 2.30. The molecule has 0 saturated heterocycles. The van der Waals surface area contributed by atoms with E-state index in [1.54, 1.807) is 0 Å². The van der Waals surface area contributed by atoms with Crippen molar-refractivity contribution in [3.8, 4) is 0 Å². The molecule has 0 aliphatic heterocycles. The number of hydrogen-bond acceptors (Lipinski definition) is 0. The molecule has 0 amide bonds. The molecule has 2 aromatic carbocycles. The summed E-state index contributed by atoms with van der Waals surface area (Å²) < 4.78 is 0. The van der Waals surface area contributed by atoms with Gasteiger partial charge in [0.15, 0.2) is 0 Å². The zero-order valence-electron chi connectivity index (χ0n) is 8.85. The fraction of sp³-hybridized carbons (Fsp3) is 0.0667. The van der Waals surface area contributed by atoms with Gasteiger partial charge in [0, 0.05) is 0 Å². The van der Waals surface area contributed by atoms with Gasteiger partial charge in [-0.05, 0) is 18.1 Å². The molecule has 2 aromatic rings. The van der Waals surface area contributed by atoms with Crippen LogP contribution in [-0.4, -0.2) is 0 Å². The molecule has 0 aromatic heterocycles. The van der Waals surface area contributed by atoms with Gasteiger partial charge in [-0.3, -0.25) is 0 Å². The molecule has 0 unspecified atom stereocenters. The Morgan fingerprint density at radius 3 is 1.80 bits per heavy atom. The van der Waals surface area contributed by atoms with Crippen LogP contribution in [0.2, 0.25) is 0 Å². The van der Waals surface area contributed by atoms with E-state index in [9.17, 15) is 0 Å². The lowest BCUT2D eigenvalue weighted by Crippen LogP contribution is -1.74. The van der Waals surface area contributed by atoms with Gasteiger partial charge >= 0.3 is 0 Å². The number of rotatable bonds is 2. The third kappa shape index (κ3) is 2.81. The van der Waals surface area contributed by atoms with Crippen LogP contribution in [0, 0.1) is 6.92 Å². The molecule has 0 nitrogen and oxygen atoms in total. The molecule has 0 bridgehead atoms. The summed E-state index contributed by atoms with van der Waals surface area (Å²) in [6.45, 7) is 2.10. The van der Waals surface area contributed by atoms with E-state index in [0.29, 0.717) is 0 Å². The van der Waals surface area contributed by atoms with Crippen molar-refractivity contribution in [2.75, 3.05) is 0 Å². The Hall–Kier alpha value is -1.82. The topological polar surface area (TPSA) is 0 Å². The first-order valence-corrected chi connectivity index (χ1v) is 5.14. The highest BCUT2D eigenvalue weighted by atomic mass is 13.9. The first kappa shape index (κ1) is 9.72. The molecule has 0 aliphatic rings. The van der Waals surface area contributed by atoms with Crippen molar-refractivity contribution in [1.82, 2.24) is 0 Å². The van der Waals surface area contributed by atoms with E-state index in [-0.39, 0.29) is 0 Å². The Morgan fingerprint density at radius 1 is 0.667 bits per heavy atom. The van der Waals surface area contributed by atoms with Gasteiger partial charge in [0.1, 0.15) is 0 Å². The van der Waals surface area contributed by atoms with Crippen LogP contribution < -0.4 is 0 Å². The molecule has 0 heteroatoms. The van der Waals surface area contributed by atoms with Crippen molar-refractivity contribution in [3.05, 3.63) is 71.3 Å². The molecule has 0 saturated carbocycles. The average molecular weight is 193 g/mol. The summed E-state index contributed by atoms with van der Waals surface area (Å²) in [4.78, 5) is 0. The van der Waals surface area contributed by atoms with Crippen molar-refractivity contribution in [3.63, 3.8) is 0 Å². The molecule has 0 fully saturated rings. The third-order valence-electron chi connectivity index (χ3n) is 2.35. The van der Waals surface area contributed by atoms with Crippen LogP contribution in [0.4, 0.5) is 0 Å². The normalized spacial score (nSPS) is 10.7. The lowest BCUT2D eigenvalue weighted by Gasteiger charge is -1.95. The Bertz CT molecular complexity index is 435. The highest BCUT2D eigenvalue weighted by Crippen LogP contribution is 2.08. The van der Waals surface area contributed by atoms with Crippen molar-refractivity contribution < 1.29 is 0 Å². The van der Waals surface area contributed by atoms with Crippen molar-refractivity contribution in [2.45, 2.75) is 6.92 Å². The molecule has 0 radical (unpaired) electrons. The number of aryl methyl sites for hydroxylation is 1. The Labute approximate surface area is 90.9 Å². The monoisotopic (exact) mass is 193 g/mol. The zero-order chi connectivity index (χ0) is 10.5. The predicted molar refractivity (Wildman–Crippen MR) is 66.5 cm³/mol. The Kier molecular flexibility index (Phi) is 2.99. The highest BCUT2D eigenvalue weighted by Gasteiger charge is 1.87. The zero-order valence-corrected chi connectivity index (χ0v) is 8.85. The number of hydrogen-bond donors (Lipinski definition) is 0. The van der Waals surface area contributed by atoms with Gasteiger partial charge < -0.3 is 0 Å². The molecule has 0 atom stereocenters. The second-order valence-electron chi connectivity index (χ2n) is 3.65. The quantitative estimate of drug-likeness (QED) is 0.628. The SMILES string of the molecule is Cc1ccc(/[11CH]=C/c2ccccc2)cc1. The van der Waals surface area contributed by atoms with Gasteiger partial charge in [-0.15, -0.1) is 0 Å². The van der Waals surface area contributed by atoms with E-state index in [4.69, 9.17) is 0 Å². The smallest absolute Gasteiger partial charge is 0.0256 e. The molecule has 15 heavy (non-hydrogen) atoms. The molecular formula is C15H14. The van der Waals surface area contributed by atoms with E-state index in [1.807, 2.05) is 6.07 Å². The van der Waals surface area contributed by atoms with Gasteiger partial charge in [-0.1, -0.05) is 72.3 Å². The summed E-state index contributed by atoms with van der Waals surface area (Å²) in [5, 5.41) is 0. The van der Waals surface area contributed by atoms with Crippen LogP contribution in [0.3, 0.4) is 0 Å². The van der Waals surface area contributed by atoms with Crippen LogP contribution in [0.1, 0.15) is 16.7 Å². The first-order valence-electron chi connectivity index (χ1n) is 5.14. The van der Waals surface area contributed by atoms with E-state index in [0.717, 1.165) is 0 Å². The van der Waals surface area contributed by atoms with Crippen LogP contribution in [0.25, 0.3) is 12.2 Å². The summed E-state index contributed by atoms with van der Waals surface area (Å²) in [5.74, 6) is 0. The molecule has 0 aliphatic carbocycles. The second-order valence-corrected chi connectivity index (χ2v) is 3.65. The van der Waals surface area contributed by atoms with Crippen LogP contribution in [0.5, 0.6) is 0 Å². The van der Waals surface area contributed by atoms with Gasteiger partial charge in [0.2, 0.25) is 0 Å². The molecule has 0 heterocycles. The molecule has 2 rings (SSSR count). The first-order chi connectivity index (χ1) is 7.34. The van der Waals surface area contributed by atoms with Gasteiger partial charge in [0.05, 0.1) is 0 Å². The van der Waals surface area contributed by atoms with Gasteiger partial charge in [-0.2, -0.15) is 0 Å². The second kappa shape index (κ2) is 4.61. The minimum atomic E-state index is 1.23. The molecular weight excluding hydrogens is 179 g/mol. The summed E-state index contributed by atoms with van der Waals surface area (Å²) in [6.07, 6.45) is 4.26. The maximum Gasteiger partial charge on any atom is -0.0256 e. The Balaban J connectivity index is 2.15. The minimum absolute atomic E-state index is 1.23. The van der Waals surface area contributed by atoms with E-state index in [1.165, 1.54) is 16.7 Å². The van der Waals surface area contributed by atoms with Crippen molar-refractivity contribution in [1.29, 1.82) is 0 Å². The minimum Gasteiger partial charge on any atom is -0.0622 e. The van der Waals surface area contributed by atoms with Crippen LogP contribution >= 0.6 is 0 Å². The molecule has 74 valence electrons.